The number of anilines is 1. The summed E-state index contributed by atoms with van der Waals surface area (Å²) < 4.78 is 29.2. The summed E-state index contributed by atoms with van der Waals surface area (Å²) in [6, 6.07) is 5.86. The van der Waals surface area contributed by atoms with Crippen LogP contribution in [0.25, 0.3) is 0 Å². The molecule has 0 spiro atoms. The smallest absolute Gasteiger partial charge is 0.319 e. The summed E-state index contributed by atoms with van der Waals surface area (Å²) in [7, 11) is -4.06. The molecule has 0 aliphatic heterocycles. The zero-order valence-electron chi connectivity index (χ0n) is 8.68. The van der Waals surface area contributed by atoms with Crippen molar-refractivity contribution < 1.29 is 17.8 Å². The molecule has 17 heavy (non-hydrogen) atoms. The summed E-state index contributed by atoms with van der Waals surface area (Å²) in [5.41, 5.74) is 0.527. The molecule has 1 aromatic rings. The number of amides is 2. The van der Waals surface area contributed by atoms with E-state index in [1.54, 1.807) is 24.3 Å². The van der Waals surface area contributed by atoms with Crippen molar-refractivity contribution in [3.63, 3.8) is 0 Å². The van der Waals surface area contributed by atoms with Crippen LogP contribution in [0.4, 0.5) is 10.5 Å². The van der Waals surface area contributed by atoms with Gasteiger partial charge in [0.25, 0.3) is 10.1 Å². The summed E-state index contributed by atoms with van der Waals surface area (Å²) in [5, 5.41) is 5.29. The van der Waals surface area contributed by atoms with Crippen LogP contribution >= 0.6 is 11.6 Å². The average molecular weight is 279 g/mol. The first kappa shape index (κ1) is 13.8. The largest absolute Gasteiger partial charge is 0.337 e. The van der Waals surface area contributed by atoms with Gasteiger partial charge < -0.3 is 10.6 Å². The Morgan fingerprint density at radius 2 is 1.88 bits per heavy atom. The van der Waals surface area contributed by atoms with Crippen molar-refractivity contribution >= 4 is 33.4 Å². The Bertz CT molecular complexity index is 486. The molecule has 0 aromatic heterocycles. The number of benzene rings is 1. The van der Waals surface area contributed by atoms with Gasteiger partial charge in [0.15, 0.2) is 0 Å². The summed E-state index contributed by atoms with van der Waals surface area (Å²) in [6.45, 7) is -0.168. The number of carbonyl (C=O) groups is 1. The van der Waals surface area contributed by atoms with Crippen molar-refractivity contribution in [2.75, 3.05) is 17.6 Å². The zero-order chi connectivity index (χ0) is 12.9. The molecule has 0 saturated heterocycles. The fourth-order valence-electron chi connectivity index (χ4n) is 1.00. The van der Waals surface area contributed by atoms with Gasteiger partial charge in [-0.3, -0.25) is 4.55 Å². The number of halogens is 1. The van der Waals surface area contributed by atoms with Crippen molar-refractivity contribution in [2.24, 2.45) is 0 Å². The zero-order valence-corrected chi connectivity index (χ0v) is 10.3. The Morgan fingerprint density at radius 3 is 2.41 bits per heavy atom. The lowest BCUT2D eigenvalue weighted by molar-refractivity contribution is 0.252. The molecule has 0 aliphatic rings. The Hall–Kier alpha value is -1.31. The molecule has 0 radical (unpaired) electrons. The van der Waals surface area contributed by atoms with Crippen molar-refractivity contribution in [3.8, 4) is 0 Å². The van der Waals surface area contributed by atoms with E-state index in [9.17, 15) is 13.2 Å². The Balaban J connectivity index is 2.37. The highest BCUT2D eigenvalue weighted by Gasteiger charge is 2.06. The third-order valence-corrected chi connectivity index (χ3v) is 2.72. The lowest BCUT2D eigenvalue weighted by Gasteiger charge is -2.06. The van der Waals surface area contributed by atoms with Crippen molar-refractivity contribution in [3.05, 3.63) is 29.3 Å². The van der Waals surface area contributed by atoms with Crippen LogP contribution in [-0.4, -0.2) is 31.3 Å². The van der Waals surface area contributed by atoms with Crippen LogP contribution in [0.15, 0.2) is 24.3 Å². The molecule has 0 aliphatic carbocycles. The van der Waals surface area contributed by atoms with Gasteiger partial charge >= 0.3 is 6.03 Å². The Kier molecular flexibility index (Phi) is 4.73. The molecule has 8 heteroatoms. The molecule has 0 atom stereocenters. The predicted molar refractivity (Wildman–Crippen MR) is 64.9 cm³/mol. The van der Waals surface area contributed by atoms with Gasteiger partial charge in [0.2, 0.25) is 0 Å². The van der Waals surface area contributed by atoms with Crippen LogP contribution in [0.2, 0.25) is 5.02 Å². The van der Waals surface area contributed by atoms with Gasteiger partial charge in [-0.05, 0) is 24.3 Å². The monoisotopic (exact) mass is 278 g/mol. The second-order valence-corrected chi connectivity index (χ2v) is 5.18. The lowest BCUT2D eigenvalue weighted by Crippen LogP contribution is -2.32. The molecule has 1 aromatic carbocycles. The molecule has 2 amide bonds. The first-order chi connectivity index (χ1) is 7.87. The first-order valence-corrected chi connectivity index (χ1v) is 6.61. The quantitative estimate of drug-likeness (QED) is 0.725. The lowest BCUT2D eigenvalue weighted by atomic mass is 10.3. The second-order valence-electron chi connectivity index (χ2n) is 3.17. The number of rotatable bonds is 4. The van der Waals surface area contributed by atoms with Gasteiger partial charge in [-0.2, -0.15) is 8.42 Å². The fourth-order valence-corrected chi connectivity index (χ4v) is 1.49. The summed E-state index contributed by atoms with van der Waals surface area (Å²) in [5.74, 6) is -0.527. The van der Waals surface area contributed by atoms with Crippen LogP contribution in [0.1, 0.15) is 0 Å². The number of nitrogens with one attached hydrogen (secondary N) is 2. The number of hydrogen-bond donors (Lipinski definition) is 3. The maximum atomic E-state index is 11.3. The minimum absolute atomic E-state index is 0.168. The van der Waals surface area contributed by atoms with Crippen molar-refractivity contribution in [1.29, 1.82) is 0 Å². The molecular weight excluding hydrogens is 268 g/mol. The summed E-state index contributed by atoms with van der Waals surface area (Å²) in [6.07, 6.45) is 0. The van der Waals surface area contributed by atoms with Gasteiger partial charge in [0.05, 0.1) is 5.75 Å². The van der Waals surface area contributed by atoms with E-state index in [2.05, 4.69) is 10.6 Å². The molecule has 0 saturated carbocycles. The van der Waals surface area contributed by atoms with E-state index in [4.69, 9.17) is 16.2 Å². The van der Waals surface area contributed by atoms with Crippen LogP contribution in [-0.2, 0) is 10.1 Å². The van der Waals surface area contributed by atoms with Crippen LogP contribution in [0.3, 0.4) is 0 Å². The molecule has 1 rings (SSSR count). The number of carbonyl (C=O) groups excluding carboxylic acids is 1. The highest BCUT2D eigenvalue weighted by atomic mass is 35.5. The molecular formula is C9H11ClN2O4S. The Morgan fingerprint density at radius 1 is 1.29 bits per heavy atom. The van der Waals surface area contributed by atoms with E-state index in [1.807, 2.05) is 0 Å². The first-order valence-electron chi connectivity index (χ1n) is 4.62. The molecule has 0 heterocycles. The average Bonchev–Trinajstić information content (AvgIpc) is 2.19. The number of hydrogen-bond acceptors (Lipinski definition) is 3. The van der Waals surface area contributed by atoms with E-state index < -0.39 is 21.9 Å². The second kappa shape index (κ2) is 5.85. The maximum absolute atomic E-state index is 11.3. The third kappa shape index (κ3) is 6.10. The summed E-state index contributed by atoms with van der Waals surface area (Å²) >= 11 is 5.66. The van der Waals surface area contributed by atoms with Crippen molar-refractivity contribution in [2.45, 2.75) is 0 Å². The summed E-state index contributed by atoms with van der Waals surface area (Å²) in [4.78, 5) is 11.3. The Labute approximate surface area is 104 Å². The van der Waals surface area contributed by atoms with Crippen LogP contribution < -0.4 is 10.6 Å². The van der Waals surface area contributed by atoms with Gasteiger partial charge in [-0.15, -0.1) is 0 Å². The van der Waals surface area contributed by atoms with Gasteiger partial charge in [0.1, 0.15) is 0 Å². The fraction of sp³-hybridized carbons (Fsp3) is 0.222. The van der Waals surface area contributed by atoms with Crippen LogP contribution in [0.5, 0.6) is 0 Å². The molecule has 0 bridgehead atoms. The highest BCUT2D eigenvalue weighted by Crippen LogP contribution is 2.12. The number of urea groups is 1. The van der Waals surface area contributed by atoms with Crippen LogP contribution in [0, 0.1) is 0 Å². The van der Waals surface area contributed by atoms with E-state index >= 15 is 0 Å². The van der Waals surface area contributed by atoms with Gasteiger partial charge in [-0.25, -0.2) is 4.79 Å². The van der Waals surface area contributed by atoms with Gasteiger partial charge in [-0.1, -0.05) is 11.6 Å². The minimum Gasteiger partial charge on any atom is -0.337 e. The maximum Gasteiger partial charge on any atom is 0.319 e. The highest BCUT2D eigenvalue weighted by molar-refractivity contribution is 7.85. The third-order valence-electron chi connectivity index (χ3n) is 1.75. The molecule has 94 valence electrons. The molecule has 3 N–H and O–H groups in total. The minimum atomic E-state index is -4.06. The van der Waals surface area contributed by atoms with E-state index in [0.29, 0.717) is 10.7 Å². The van der Waals surface area contributed by atoms with Gasteiger partial charge in [0, 0.05) is 17.3 Å². The predicted octanol–water partition coefficient (Wildman–Crippen LogP) is 1.35. The SMILES string of the molecule is O=C(NCCS(=O)(=O)O)Nc1ccc(Cl)cc1. The van der Waals surface area contributed by atoms with E-state index in [0.717, 1.165) is 0 Å². The molecule has 0 fully saturated rings. The topological polar surface area (TPSA) is 95.5 Å². The van der Waals surface area contributed by atoms with E-state index in [-0.39, 0.29) is 6.54 Å². The molecule has 6 nitrogen and oxygen atoms in total. The van der Waals surface area contributed by atoms with E-state index in [1.165, 1.54) is 0 Å². The normalized spacial score (nSPS) is 10.9. The van der Waals surface area contributed by atoms with Crippen molar-refractivity contribution in [1.82, 2.24) is 5.32 Å². The molecule has 0 unspecified atom stereocenters. The standard InChI is InChI=1S/C9H11ClN2O4S/c10-7-1-3-8(4-2-7)12-9(13)11-5-6-17(14,15)16/h1-4H,5-6H2,(H2,11,12,13)(H,14,15,16).